The number of aryl methyl sites for hydroxylation is 1. The maximum atomic E-state index is 13.3. The molecular weight excluding hydrogens is 277 g/mol. The largest absolute Gasteiger partial charge is 0.396 e. The van der Waals surface area contributed by atoms with Crippen LogP contribution in [0.2, 0.25) is 0 Å². The standard InChI is InChI=1S/C15H16FNO2S/c1-11-4-2-3-5-13(11)10-20(18,19)9-12-6-7-15(17)14(16)8-12/h2-8H,9-10,17H2,1H3. The van der Waals surface area contributed by atoms with E-state index in [1.54, 1.807) is 12.1 Å². The molecule has 0 aromatic heterocycles. The van der Waals surface area contributed by atoms with Crippen LogP contribution in [0.25, 0.3) is 0 Å². The summed E-state index contributed by atoms with van der Waals surface area (Å²) >= 11 is 0. The Labute approximate surface area is 118 Å². The van der Waals surface area contributed by atoms with Crippen LogP contribution in [0.15, 0.2) is 42.5 Å². The third-order valence-corrected chi connectivity index (χ3v) is 4.61. The first-order valence-electron chi connectivity index (χ1n) is 6.16. The molecular formula is C15H16FNO2S. The number of sulfone groups is 1. The number of hydrogen-bond donors (Lipinski definition) is 1. The lowest BCUT2D eigenvalue weighted by molar-refractivity contribution is 0.594. The summed E-state index contributed by atoms with van der Waals surface area (Å²) in [5, 5.41) is 0. The molecule has 2 rings (SSSR count). The number of hydrogen-bond acceptors (Lipinski definition) is 3. The van der Waals surface area contributed by atoms with Crippen molar-refractivity contribution < 1.29 is 12.8 Å². The van der Waals surface area contributed by atoms with Crippen LogP contribution in [0.1, 0.15) is 16.7 Å². The van der Waals surface area contributed by atoms with Gasteiger partial charge in [0, 0.05) is 0 Å². The summed E-state index contributed by atoms with van der Waals surface area (Å²) in [6.45, 7) is 1.87. The van der Waals surface area contributed by atoms with E-state index in [0.717, 1.165) is 11.1 Å². The van der Waals surface area contributed by atoms with Crippen molar-refractivity contribution in [1.29, 1.82) is 0 Å². The summed E-state index contributed by atoms with van der Waals surface area (Å²) < 4.78 is 37.7. The Kier molecular flexibility index (Phi) is 4.09. The van der Waals surface area contributed by atoms with Gasteiger partial charge in [-0.2, -0.15) is 0 Å². The Morgan fingerprint density at radius 1 is 1.10 bits per heavy atom. The van der Waals surface area contributed by atoms with Crippen molar-refractivity contribution in [2.24, 2.45) is 0 Å². The number of anilines is 1. The molecule has 0 atom stereocenters. The summed E-state index contributed by atoms with van der Waals surface area (Å²) in [6.07, 6.45) is 0. The predicted molar refractivity (Wildman–Crippen MR) is 78.3 cm³/mol. The zero-order valence-electron chi connectivity index (χ0n) is 11.1. The molecule has 0 spiro atoms. The quantitative estimate of drug-likeness (QED) is 0.882. The molecule has 0 fully saturated rings. The van der Waals surface area contributed by atoms with E-state index in [9.17, 15) is 12.8 Å². The summed E-state index contributed by atoms with van der Waals surface area (Å²) in [5.74, 6) is -0.835. The van der Waals surface area contributed by atoms with Crippen LogP contribution in [0.5, 0.6) is 0 Å². The molecule has 0 saturated heterocycles. The molecule has 0 saturated carbocycles. The number of halogens is 1. The summed E-state index contributed by atoms with van der Waals surface area (Å²) in [4.78, 5) is 0. The van der Waals surface area contributed by atoms with Gasteiger partial charge in [-0.3, -0.25) is 0 Å². The first-order valence-corrected chi connectivity index (χ1v) is 7.98. The van der Waals surface area contributed by atoms with Crippen molar-refractivity contribution >= 4 is 15.5 Å². The molecule has 0 bridgehead atoms. The van der Waals surface area contributed by atoms with E-state index in [1.165, 1.54) is 18.2 Å². The highest BCUT2D eigenvalue weighted by Crippen LogP contribution is 2.18. The minimum absolute atomic E-state index is 0.0186. The molecule has 0 aliphatic carbocycles. The second-order valence-corrected chi connectivity index (χ2v) is 6.88. The first-order chi connectivity index (χ1) is 9.37. The third-order valence-electron chi connectivity index (χ3n) is 3.09. The summed E-state index contributed by atoms with van der Waals surface area (Å²) in [6, 6.07) is 11.4. The van der Waals surface area contributed by atoms with E-state index in [4.69, 9.17) is 5.73 Å². The molecule has 2 N–H and O–H groups in total. The number of rotatable bonds is 4. The van der Waals surface area contributed by atoms with Crippen LogP contribution in [0, 0.1) is 12.7 Å². The molecule has 2 aromatic carbocycles. The third kappa shape index (κ3) is 3.57. The molecule has 0 aliphatic rings. The number of nitrogens with two attached hydrogens (primary N) is 1. The van der Waals surface area contributed by atoms with Gasteiger partial charge in [-0.1, -0.05) is 30.3 Å². The van der Waals surface area contributed by atoms with Crippen molar-refractivity contribution in [2.45, 2.75) is 18.4 Å². The van der Waals surface area contributed by atoms with Gasteiger partial charge in [-0.25, -0.2) is 12.8 Å². The molecule has 0 aliphatic heterocycles. The van der Waals surface area contributed by atoms with Gasteiger partial charge in [0.1, 0.15) is 5.82 Å². The van der Waals surface area contributed by atoms with Gasteiger partial charge < -0.3 is 5.73 Å². The molecule has 20 heavy (non-hydrogen) atoms. The highest BCUT2D eigenvalue weighted by atomic mass is 32.2. The average Bonchev–Trinajstić information content (AvgIpc) is 2.36. The van der Waals surface area contributed by atoms with E-state index in [2.05, 4.69) is 0 Å². The second kappa shape index (κ2) is 5.63. The maximum Gasteiger partial charge on any atom is 0.158 e. The monoisotopic (exact) mass is 293 g/mol. The lowest BCUT2D eigenvalue weighted by Gasteiger charge is -2.08. The maximum absolute atomic E-state index is 13.3. The van der Waals surface area contributed by atoms with Crippen molar-refractivity contribution in [3.63, 3.8) is 0 Å². The minimum atomic E-state index is -3.35. The highest BCUT2D eigenvalue weighted by Gasteiger charge is 2.15. The van der Waals surface area contributed by atoms with Crippen molar-refractivity contribution in [1.82, 2.24) is 0 Å². The van der Waals surface area contributed by atoms with Gasteiger partial charge in [0.25, 0.3) is 0 Å². The van der Waals surface area contributed by atoms with Gasteiger partial charge in [-0.15, -0.1) is 0 Å². The van der Waals surface area contributed by atoms with Gasteiger partial charge in [0.2, 0.25) is 0 Å². The van der Waals surface area contributed by atoms with Crippen LogP contribution < -0.4 is 5.73 Å². The van der Waals surface area contributed by atoms with Crippen LogP contribution in [0.4, 0.5) is 10.1 Å². The van der Waals surface area contributed by atoms with E-state index < -0.39 is 15.7 Å². The molecule has 0 unspecified atom stereocenters. The fraction of sp³-hybridized carbons (Fsp3) is 0.200. The Hall–Kier alpha value is -1.88. The second-order valence-electron chi connectivity index (χ2n) is 4.81. The van der Waals surface area contributed by atoms with Gasteiger partial charge in [0.05, 0.1) is 17.2 Å². The predicted octanol–water partition coefficient (Wildman–Crippen LogP) is 2.83. The molecule has 0 amide bonds. The molecule has 2 aromatic rings. The van der Waals surface area contributed by atoms with E-state index in [0.29, 0.717) is 5.56 Å². The topological polar surface area (TPSA) is 60.2 Å². The van der Waals surface area contributed by atoms with Crippen molar-refractivity contribution in [3.8, 4) is 0 Å². The van der Waals surface area contributed by atoms with E-state index in [1.807, 2.05) is 19.1 Å². The number of nitrogen functional groups attached to an aromatic ring is 1. The fourth-order valence-corrected chi connectivity index (χ4v) is 3.56. The molecule has 106 valence electrons. The van der Waals surface area contributed by atoms with Gasteiger partial charge >= 0.3 is 0 Å². The van der Waals surface area contributed by atoms with Crippen LogP contribution in [-0.2, 0) is 21.3 Å². The molecule has 3 nitrogen and oxygen atoms in total. The summed E-state index contributed by atoms with van der Waals surface area (Å²) in [7, 11) is -3.35. The first kappa shape index (κ1) is 14.5. The Bertz CT molecular complexity index is 726. The number of benzene rings is 2. The van der Waals surface area contributed by atoms with Crippen LogP contribution in [0.3, 0.4) is 0 Å². The molecule has 0 heterocycles. The normalized spacial score (nSPS) is 11.5. The van der Waals surface area contributed by atoms with Crippen LogP contribution in [-0.4, -0.2) is 8.42 Å². The lowest BCUT2D eigenvalue weighted by atomic mass is 10.1. The van der Waals surface area contributed by atoms with Crippen molar-refractivity contribution in [2.75, 3.05) is 5.73 Å². The smallest absolute Gasteiger partial charge is 0.158 e. The Morgan fingerprint density at radius 3 is 2.45 bits per heavy atom. The summed E-state index contributed by atoms with van der Waals surface area (Å²) in [5.41, 5.74) is 7.49. The molecule has 0 radical (unpaired) electrons. The zero-order valence-corrected chi connectivity index (χ0v) is 12.0. The Morgan fingerprint density at radius 2 is 1.80 bits per heavy atom. The Balaban J connectivity index is 2.19. The zero-order chi connectivity index (χ0) is 14.8. The van der Waals surface area contributed by atoms with Crippen molar-refractivity contribution in [3.05, 3.63) is 65.0 Å². The van der Waals surface area contributed by atoms with E-state index >= 15 is 0 Å². The van der Waals surface area contributed by atoms with E-state index in [-0.39, 0.29) is 17.2 Å². The lowest BCUT2D eigenvalue weighted by Crippen LogP contribution is -2.09. The van der Waals surface area contributed by atoms with Crippen LogP contribution >= 0.6 is 0 Å². The van der Waals surface area contributed by atoms with Gasteiger partial charge in [0.15, 0.2) is 9.84 Å². The highest BCUT2D eigenvalue weighted by molar-refractivity contribution is 7.89. The molecule has 5 heteroatoms. The minimum Gasteiger partial charge on any atom is -0.396 e. The SMILES string of the molecule is Cc1ccccc1CS(=O)(=O)Cc1ccc(N)c(F)c1. The van der Waals surface area contributed by atoms with Gasteiger partial charge in [-0.05, 0) is 35.7 Å². The average molecular weight is 293 g/mol. The fourth-order valence-electron chi connectivity index (χ4n) is 1.97.